The highest BCUT2D eigenvalue weighted by Crippen LogP contribution is 2.44. The van der Waals surface area contributed by atoms with E-state index in [2.05, 4.69) is 10.6 Å². The Morgan fingerprint density at radius 2 is 1.50 bits per heavy atom. The lowest BCUT2D eigenvalue weighted by atomic mass is 9.64. The van der Waals surface area contributed by atoms with Gasteiger partial charge < -0.3 is 20.1 Å². The first kappa shape index (κ1) is 21.4. The van der Waals surface area contributed by atoms with Crippen molar-refractivity contribution in [3.63, 3.8) is 0 Å². The summed E-state index contributed by atoms with van der Waals surface area (Å²) in [6.45, 7) is -0.159. The van der Waals surface area contributed by atoms with Crippen molar-refractivity contribution in [2.45, 2.75) is 24.7 Å². The van der Waals surface area contributed by atoms with E-state index in [0.29, 0.717) is 22.9 Å². The van der Waals surface area contributed by atoms with E-state index < -0.39 is 5.41 Å². The van der Waals surface area contributed by atoms with Gasteiger partial charge in [-0.2, -0.15) is 0 Å². The summed E-state index contributed by atoms with van der Waals surface area (Å²) in [6, 6.07) is 24.2. The molecule has 0 heterocycles. The van der Waals surface area contributed by atoms with E-state index in [1.54, 1.807) is 37.4 Å². The van der Waals surface area contributed by atoms with Crippen LogP contribution in [-0.2, 0) is 15.0 Å². The third-order valence-electron chi connectivity index (χ3n) is 5.80. The molecule has 0 bridgehead atoms. The van der Waals surface area contributed by atoms with Gasteiger partial charge >= 0.3 is 0 Å². The van der Waals surface area contributed by atoms with Gasteiger partial charge in [0.05, 0.1) is 12.5 Å². The van der Waals surface area contributed by atoms with E-state index in [1.165, 1.54) is 0 Å². The van der Waals surface area contributed by atoms with E-state index in [-0.39, 0.29) is 18.4 Å². The van der Waals surface area contributed by atoms with Crippen LogP contribution in [0.3, 0.4) is 0 Å². The van der Waals surface area contributed by atoms with E-state index in [0.717, 1.165) is 24.8 Å². The van der Waals surface area contributed by atoms with Crippen LogP contribution in [0.25, 0.3) is 0 Å². The number of hydrogen-bond acceptors (Lipinski definition) is 4. The predicted octanol–water partition coefficient (Wildman–Crippen LogP) is 4.77. The van der Waals surface area contributed by atoms with Crippen LogP contribution in [0.5, 0.6) is 11.5 Å². The maximum atomic E-state index is 13.1. The zero-order chi connectivity index (χ0) is 22.4. The standard InChI is InChI=1S/C26H26N2O4/c1-31-22-13-5-6-14-23(22)32-18-24(29)27-20-11-7-12-21(17-20)28-25(30)26(15-8-16-26)19-9-3-2-4-10-19/h2-7,9-14,17H,8,15-16,18H2,1H3,(H,27,29)(H,28,30). The van der Waals surface area contributed by atoms with Crippen LogP contribution in [0.1, 0.15) is 24.8 Å². The summed E-state index contributed by atoms with van der Waals surface area (Å²) in [5.74, 6) is 0.739. The molecule has 0 atom stereocenters. The Morgan fingerprint density at radius 3 is 2.16 bits per heavy atom. The number of amides is 2. The lowest BCUT2D eigenvalue weighted by molar-refractivity contribution is -0.124. The van der Waals surface area contributed by atoms with Gasteiger partial charge in [0, 0.05) is 11.4 Å². The summed E-state index contributed by atoms with van der Waals surface area (Å²) in [5.41, 5.74) is 1.78. The number of rotatable bonds is 8. The topological polar surface area (TPSA) is 76.7 Å². The number of carbonyl (C=O) groups excluding carboxylic acids is 2. The third kappa shape index (κ3) is 4.59. The number of benzene rings is 3. The van der Waals surface area contributed by atoms with Crippen molar-refractivity contribution in [2.75, 3.05) is 24.4 Å². The molecule has 1 saturated carbocycles. The van der Waals surface area contributed by atoms with Gasteiger partial charge in [-0.25, -0.2) is 0 Å². The predicted molar refractivity (Wildman–Crippen MR) is 124 cm³/mol. The first-order valence-electron chi connectivity index (χ1n) is 10.6. The van der Waals surface area contributed by atoms with Crippen LogP contribution in [0, 0.1) is 0 Å². The van der Waals surface area contributed by atoms with Crippen molar-refractivity contribution in [1.29, 1.82) is 0 Å². The molecule has 4 rings (SSSR count). The lowest BCUT2D eigenvalue weighted by Crippen LogP contribution is -2.45. The number of ether oxygens (including phenoxy) is 2. The number of anilines is 2. The van der Waals surface area contributed by atoms with Crippen molar-refractivity contribution >= 4 is 23.2 Å². The number of para-hydroxylation sites is 2. The molecule has 2 amide bonds. The molecule has 1 aliphatic rings. The Kier molecular flexibility index (Phi) is 6.40. The summed E-state index contributed by atoms with van der Waals surface area (Å²) < 4.78 is 10.8. The highest BCUT2D eigenvalue weighted by atomic mass is 16.5. The van der Waals surface area contributed by atoms with Gasteiger partial charge in [-0.1, -0.05) is 55.0 Å². The Labute approximate surface area is 187 Å². The fraction of sp³-hybridized carbons (Fsp3) is 0.231. The maximum Gasteiger partial charge on any atom is 0.262 e. The fourth-order valence-corrected chi connectivity index (χ4v) is 3.94. The fourth-order valence-electron chi connectivity index (χ4n) is 3.94. The Morgan fingerprint density at radius 1 is 0.844 bits per heavy atom. The molecule has 32 heavy (non-hydrogen) atoms. The molecule has 0 radical (unpaired) electrons. The molecule has 0 saturated heterocycles. The Balaban J connectivity index is 1.38. The summed E-state index contributed by atoms with van der Waals surface area (Å²) in [4.78, 5) is 25.5. The zero-order valence-electron chi connectivity index (χ0n) is 18.0. The van der Waals surface area contributed by atoms with Gasteiger partial charge in [0.1, 0.15) is 0 Å². The van der Waals surface area contributed by atoms with Gasteiger partial charge in [0.15, 0.2) is 18.1 Å². The SMILES string of the molecule is COc1ccccc1OCC(=O)Nc1cccc(NC(=O)C2(c3ccccc3)CCC2)c1. The number of methoxy groups -OCH3 is 1. The zero-order valence-corrected chi connectivity index (χ0v) is 18.0. The summed E-state index contributed by atoms with van der Waals surface area (Å²) in [6.07, 6.45) is 2.70. The van der Waals surface area contributed by atoms with Gasteiger partial charge in [0.2, 0.25) is 5.91 Å². The van der Waals surface area contributed by atoms with Crippen LogP contribution in [0.4, 0.5) is 11.4 Å². The molecule has 0 spiro atoms. The van der Waals surface area contributed by atoms with E-state index in [4.69, 9.17) is 9.47 Å². The minimum Gasteiger partial charge on any atom is -0.493 e. The average Bonchev–Trinajstić information content (AvgIpc) is 2.78. The van der Waals surface area contributed by atoms with E-state index in [9.17, 15) is 9.59 Å². The number of carbonyl (C=O) groups is 2. The lowest BCUT2D eigenvalue weighted by Gasteiger charge is -2.40. The normalized spacial score (nSPS) is 14.0. The van der Waals surface area contributed by atoms with Crippen molar-refractivity contribution in [3.05, 3.63) is 84.4 Å². The molecule has 164 valence electrons. The van der Waals surface area contributed by atoms with Crippen molar-refractivity contribution in [3.8, 4) is 11.5 Å². The largest absolute Gasteiger partial charge is 0.493 e. The first-order valence-corrected chi connectivity index (χ1v) is 10.6. The highest BCUT2D eigenvalue weighted by molar-refractivity contribution is 6.00. The van der Waals surface area contributed by atoms with Gasteiger partial charge in [-0.05, 0) is 48.7 Å². The first-order chi connectivity index (χ1) is 15.6. The van der Waals surface area contributed by atoms with Crippen LogP contribution in [-0.4, -0.2) is 25.5 Å². The summed E-state index contributed by atoms with van der Waals surface area (Å²) >= 11 is 0. The molecule has 6 heteroatoms. The minimum absolute atomic E-state index is 0.0158. The second-order valence-electron chi connectivity index (χ2n) is 7.82. The molecule has 0 unspecified atom stereocenters. The molecule has 0 aromatic heterocycles. The van der Waals surface area contributed by atoms with Gasteiger partial charge in [-0.3, -0.25) is 9.59 Å². The van der Waals surface area contributed by atoms with E-state index >= 15 is 0 Å². The second-order valence-corrected chi connectivity index (χ2v) is 7.82. The molecule has 6 nitrogen and oxygen atoms in total. The second kappa shape index (κ2) is 9.56. The van der Waals surface area contributed by atoms with Crippen LogP contribution in [0.2, 0.25) is 0 Å². The summed E-state index contributed by atoms with van der Waals surface area (Å²) in [5, 5.41) is 5.84. The quantitative estimate of drug-likeness (QED) is 0.540. The van der Waals surface area contributed by atoms with E-state index in [1.807, 2.05) is 48.5 Å². The smallest absolute Gasteiger partial charge is 0.262 e. The van der Waals surface area contributed by atoms with Crippen molar-refractivity contribution < 1.29 is 19.1 Å². The van der Waals surface area contributed by atoms with Crippen molar-refractivity contribution in [1.82, 2.24) is 0 Å². The monoisotopic (exact) mass is 430 g/mol. The number of hydrogen-bond donors (Lipinski definition) is 2. The molecular weight excluding hydrogens is 404 g/mol. The van der Waals surface area contributed by atoms with Crippen LogP contribution in [0.15, 0.2) is 78.9 Å². The highest BCUT2D eigenvalue weighted by Gasteiger charge is 2.45. The average molecular weight is 431 g/mol. The van der Waals surface area contributed by atoms with Crippen molar-refractivity contribution in [2.24, 2.45) is 0 Å². The third-order valence-corrected chi connectivity index (χ3v) is 5.80. The minimum atomic E-state index is -0.483. The van der Waals surface area contributed by atoms with Gasteiger partial charge in [0.25, 0.3) is 5.91 Å². The molecule has 2 N–H and O–H groups in total. The Hall–Kier alpha value is -3.80. The Bertz CT molecular complexity index is 1090. The summed E-state index contributed by atoms with van der Waals surface area (Å²) in [7, 11) is 1.55. The maximum absolute atomic E-state index is 13.1. The molecule has 3 aromatic carbocycles. The molecule has 3 aromatic rings. The molecule has 1 fully saturated rings. The molecule has 1 aliphatic carbocycles. The van der Waals surface area contributed by atoms with Crippen LogP contribution < -0.4 is 20.1 Å². The molecule has 0 aliphatic heterocycles. The molecular formula is C26H26N2O4. The number of nitrogens with one attached hydrogen (secondary N) is 2. The van der Waals surface area contributed by atoms with Crippen LogP contribution >= 0.6 is 0 Å². The van der Waals surface area contributed by atoms with Gasteiger partial charge in [-0.15, -0.1) is 0 Å².